The summed E-state index contributed by atoms with van der Waals surface area (Å²) in [5.74, 6) is 0.581. The van der Waals surface area contributed by atoms with Gasteiger partial charge in [-0.1, -0.05) is 43.0 Å². The van der Waals surface area contributed by atoms with Gasteiger partial charge in [0, 0.05) is 17.9 Å². The summed E-state index contributed by atoms with van der Waals surface area (Å²) in [5.41, 5.74) is 1.72. The molecule has 0 radical (unpaired) electrons. The van der Waals surface area contributed by atoms with Crippen LogP contribution in [0.3, 0.4) is 0 Å². The summed E-state index contributed by atoms with van der Waals surface area (Å²) in [6, 6.07) is 13.8. The van der Waals surface area contributed by atoms with E-state index in [4.69, 9.17) is 4.74 Å². The van der Waals surface area contributed by atoms with Crippen molar-refractivity contribution >= 4 is 34.2 Å². The summed E-state index contributed by atoms with van der Waals surface area (Å²) in [6.07, 6.45) is 0.789. The van der Waals surface area contributed by atoms with Crippen LogP contribution >= 0.6 is 11.8 Å². The van der Waals surface area contributed by atoms with Gasteiger partial charge in [0.1, 0.15) is 0 Å². The number of nitrogens with zero attached hydrogens (tertiary/aromatic N) is 3. The Labute approximate surface area is 167 Å². The van der Waals surface area contributed by atoms with Crippen molar-refractivity contribution in [1.82, 2.24) is 4.90 Å². The molecule has 0 aromatic heterocycles. The summed E-state index contributed by atoms with van der Waals surface area (Å²) in [7, 11) is 0. The van der Waals surface area contributed by atoms with Crippen molar-refractivity contribution in [2.75, 3.05) is 12.4 Å². The number of amidine groups is 1. The van der Waals surface area contributed by atoms with Crippen LogP contribution in [0.25, 0.3) is 0 Å². The molecule has 0 N–H and O–H groups in total. The van der Waals surface area contributed by atoms with Crippen LogP contribution in [0.4, 0.5) is 11.4 Å². The van der Waals surface area contributed by atoms with Gasteiger partial charge < -0.3 is 4.74 Å². The monoisotopic (exact) mass is 399 g/mol. The number of rotatable bonds is 6. The van der Waals surface area contributed by atoms with Crippen LogP contribution in [0.2, 0.25) is 0 Å². The van der Waals surface area contributed by atoms with E-state index in [1.165, 1.54) is 23.9 Å². The average molecular weight is 399 g/mol. The largest absolute Gasteiger partial charge is 0.477 e. The van der Waals surface area contributed by atoms with E-state index >= 15 is 0 Å². The number of hydrogen-bond donors (Lipinski definition) is 0. The van der Waals surface area contributed by atoms with Crippen LogP contribution in [0.15, 0.2) is 53.5 Å². The quantitative estimate of drug-likeness (QED) is 0.533. The maximum atomic E-state index is 12.9. The summed E-state index contributed by atoms with van der Waals surface area (Å²) in [5, 5.41) is 11.7. The zero-order chi connectivity index (χ0) is 20.1. The molecule has 7 nitrogen and oxygen atoms in total. The molecule has 2 aromatic rings. The molecule has 8 heteroatoms. The average Bonchev–Trinajstić information content (AvgIpc) is 3.09. The number of thioether (sulfide) groups is 1. The number of aryl methyl sites for hydroxylation is 1. The fourth-order valence-electron chi connectivity index (χ4n) is 2.91. The SMILES string of the molecule is CC[C@H]1CSC(=Nc2cccc(C)c2)N1C(=O)COc1ccccc1[N+](=O)[O-]. The Morgan fingerprint density at radius 2 is 2.11 bits per heavy atom. The fraction of sp³-hybridized carbons (Fsp3) is 0.300. The Morgan fingerprint density at radius 1 is 1.32 bits per heavy atom. The van der Waals surface area contributed by atoms with Crippen LogP contribution in [-0.4, -0.2) is 39.3 Å². The molecule has 1 saturated heterocycles. The lowest BCUT2D eigenvalue weighted by Gasteiger charge is -2.23. The third-order valence-electron chi connectivity index (χ3n) is 4.36. The van der Waals surface area contributed by atoms with Crippen LogP contribution in [0, 0.1) is 17.0 Å². The number of carbonyl (C=O) groups is 1. The molecule has 0 saturated carbocycles. The molecule has 0 bridgehead atoms. The van der Waals surface area contributed by atoms with Crippen LogP contribution < -0.4 is 4.74 Å². The van der Waals surface area contributed by atoms with E-state index < -0.39 is 4.92 Å². The van der Waals surface area contributed by atoms with Crippen LogP contribution in [-0.2, 0) is 4.79 Å². The molecule has 0 aliphatic carbocycles. The smallest absolute Gasteiger partial charge is 0.310 e. The zero-order valence-corrected chi connectivity index (χ0v) is 16.5. The van der Waals surface area contributed by atoms with Crippen molar-refractivity contribution in [2.24, 2.45) is 4.99 Å². The molecular weight excluding hydrogens is 378 g/mol. The van der Waals surface area contributed by atoms with Gasteiger partial charge in [0.2, 0.25) is 0 Å². The number of benzene rings is 2. The fourth-order valence-corrected chi connectivity index (χ4v) is 4.20. The minimum atomic E-state index is -0.523. The highest BCUT2D eigenvalue weighted by Crippen LogP contribution is 2.30. The van der Waals surface area contributed by atoms with Crippen LogP contribution in [0.5, 0.6) is 5.75 Å². The zero-order valence-electron chi connectivity index (χ0n) is 15.7. The van der Waals surface area contributed by atoms with Gasteiger partial charge in [-0.25, -0.2) is 4.99 Å². The third kappa shape index (κ3) is 4.51. The van der Waals surface area contributed by atoms with E-state index in [1.807, 2.05) is 38.1 Å². The highest BCUT2D eigenvalue weighted by atomic mass is 32.2. The molecule has 1 fully saturated rings. The normalized spacial score (nSPS) is 17.7. The lowest BCUT2D eigenvalue weighted by atomic mass is 10.2. The summed E-state index contributed by atoms with van der Waals surface area (Å²) >= 11 is 1.53. The number of ether oxygens (including phenoxy) is 1. The number of hydrogen-bond acceptors (Lipinski definition) is 6. The van der Waals surface area contributed by atoms with Gasteiger partial charge in [-0.15, -0.1) is 0 Å². The van der Waals surface area contributed by atoms with E-state index in [1.54, 1.807) is 17.0 Å². The molecule has 1 aliphatic heterocycles. The van der Waals surface area contributed by atoms with Gasteiger partial charge in [0.15, 0.2) is 17.5 Å². The van der Waals surface area contributed by atoms with Gasteiger partial charge in [0.05, 0.1) is 10.6 Å². The van der Waals surface area contributed by atoms with Gasteiger partial charge in [-0.2, -0.15) is 0 Å². The second kappa shape index (κ2) is 8.88. The Morgan fingerprint density at radius 3 is 2.82 bits per heavy atom. The summed E-state index contributed by atoms with van der Waals surface area (Å²) < 4.78 is 5.49. The van der Waals surface area contributed by atoms with Crippen molar-refractivity contribution in [2.45, 2.75) is 26.3 Å². The third-order valence-corrected chi connectivity index (χ3v) is 5.45. The van der Waals surface area contributed by atoms with Crippen molar-refractivity contribution in [1.29, 1.82) is 0 Å². The predicted octanol–water partition coefficient (Wildman–Crippen LogP) is 4.32. The molecular formula is C20H21N3O4S. The molecule has 1 amide bonds. The Kier molecular flexibility index (Phi) is 6.30. The van der Waals surface area contributed by atoms with E-state index in [9.17, 15) is 14.9 Å². The van der Waals surface area contributed by atoms with Gasteiger partial charge in [-0.3, -0.25) is 19.8 Å². The van der Waals surface area contributed by atoms with Crippen molar-refractivity contribution in [3.8, 4) is 5.75 Å². The summed E-state index contributed by atoms with van der Waals surface area (Å²) in [4.78, 5) is 29.8. The van der Waals surface area contributed by atoms with Gasteiger partial charge in [0.25, 0.3) is 5.91 Å². The molecule has 1 atom stereocenters. The number of nitro benzene ring substituents is 1. The standard InChI is InChI=1S/C20H21N3O4S/c1-3-16-13-28-20(21-15-8-6-7-14(2)11-15)22(16)19(24)12-27-18-10-5-4-9-17(18)23(25)26/h4-11,16H,3,12-13H2,1-2H3/t16-/m0/s1. The van der Waals surface area contributed by atoms with Gasteiger partial charge in [-0.05, 0) is 37.1 Å². The van der Waals surface area contributed by atoms with E-state index in [0.29, 0.717) is 5.17 Å². The number of aliphatic imine (C=N–C) groups is 1. The minimum Gasteiger partial charge on any atom is -0.477 e. The second-order valence-electron chi connectivity index (χ2n) is 6.38. The predicted molar refractivity (Wildman–Crippen MR) is 110 cm³/mol. The molecule has 1 aliphatic rings. The number of nitro groups is 1. The minimum absolute atomic E-state index is 0.0235. The number of amides is 1. The lowest BCUT2D eigenvalue weighted by Crippen LogP contribution is -2.41. The topological polar surface area (TPSA) is 85.0 Å². The number of carbonyl (C=O) groups excluding carboxylic acids is 1. The molecule has 3 rings (SSSR count). The first-order valence-corrected chi connectivity index (χ1v) is 9.94. The Bertz CT molecular complexity index is 916. The first kappa shape index (κ1) is 19.9. The highest BCUT2D eigenvalue weighted by molar-refractivity contribution is 8.14. The molecule has 0 spiro atoms. The van der Waals surface area contributed by atoms with Crippen molar-refractivity contribution in [3.05, 3.63) is 64.2 Å². The van der Waals surface area contributed by atoms with Crippen LogP contribution in [0.1, 0.15) is 18.9 Å². The number of para-hydroxylation sites is 2. The first-order chi connectivity index (χ1) is 13.5. The maximum absolute atomic E-state index is 12.9. The molecule has 28 heavy (non-hydrogen) atoms. The summed E-state index contributed by atoms with van der Waals surface area (Å²) in [6.45, 7) is 3.72. The first-order valence-electron chi connectivity index (χ1n) is 8.96. The van der Waals surface area contributed by atoms with E-state index in [-0.39, 0.29) is 30.0 Å². The van der Waals surface area contributed by atoms with E-state index in [0.717, 1.165) is 23.4 Å². The molecule has 2 aromatic carbocycles. The second-order valence-corrected chi connectivity index (χ2v) is 7.37. The van der Waals surface area contributed by atoms with Crippen molar-refractivity contribution in [3.63, 3.8) is 0 Å². The van der Waals surface area contributed by atoms with Gasteiger partial charge >= 0.3 is 5.69 Å². The highest BCUT2D eigenvalue weighted by Gasteiger charge is 2.34. The Balaban J connectivity index is 1.78. The molecule has 146 valence electrons. The van der Waals surface area contributed by atoms with Crippen molar-refractivity contribution < 1.29 is 14.5 Å². The van der Waals surface area contributed by atoms with E-state index in [2.05, 4.69) is 4.99 Å². The Hall–Kier alpha value is -2.87. The lowest BCUT2D eigenvalue weighted by molar-refractivity contribution is -0.385. The molecule has 1 heterocycles. The maximum Gasteiger partial charge on any atom is 0.310 e. The molecule has 0 unspecified atom stereocenters.